The molecular formula is C9H12N4S. The van der Waals surface area contributed by atoms with E-state index in [0.717, 1.165) is 11.5 Å². The van der Waals surface area contributed by atoms with Crippen LogP contribution >= 0.6 is 11.5 Å². The maximum Gasteiger partial charge on any atom is 0.130 e. The van der Waals surface area contributed by atoms with Crippen LogP contribution in [0.4, 0.5) is 5.00 Å². The first-order valence-corrected chi connectivity index (χ1v) is 5.19. The third-order valence-corrected chi connectivity index (χ3v) is 2.69. The molecule has 0 atom stereocenters. The van der Waals surface area contributed by atoms with Gasteiger partial charge in [0.05, 0.1) is 6.20 Å². The maximum atomic E-state index is 3.78. The lowest BCUT2D eigenvalue weighted by Crippen LogP contribution is -1.97. The zero-order chi connectivity index (χ0) is 9.97. The van der Waals surface area contributed by atoms with Gasteiger partial charge >= 0.3 is 0 Å². The lowest BCUT2D eigenvalue weighted by atomic mass is 10.2. The van der Waals surface area contributed by atoms with Crippen LogP contribution in [0.5, 0.6) is 0 Å². The van der Waals surface area contributed by atoms with Gasteiger partial charge in [-0.05, 0) is 25.5 Å². The largest absolute Gasteiger partial charge is 0.370 e. The molecule has 0 unspecified atom stereocenters. The van der Waals surface area contributed by atoms with Gasteiger partial charge in [-0.1, -0.05) is 4.49 Å². The van der Waals surface area contributed by atoms with Gasteiger partial charge in [-0.2, -0.15) is 0 Å². The van der Waals surface area contributed by atoms with E-state index in [9.17, 15) is 0 Å². The minimum atomic E-state index is 0.819. The molecule has 2 aromatic rings. The maximum absolute atomic E-state index is 3.78. The van der Waals surface area contributed by atoms with Crippen molar-refractivity contribution in [1.29, 1.82) is 0 Å². The van der Waals surface area contributed by atoms with Crippen LogP contribution in [0, 0.1) is 13.8 Å². The second kappa shape index (κ2) is 3.79. The normalized spacial score (nSPS) is 10.4. The zero-order valence-corrected chi connectivity index (χ0v) is 8.98. The van der Waals surface area contributed by atoms with Gasteiger partial charge in [-0.25, -0.2) is 0 Å². The summed E-state index contributed by atoms with van der Waals surface area (Å²) in [5.41, 5.74) is 3.70. The highest BCUT2D eigenvalue weighted by molar-refractivity contribution is 7.09. The Bertz CT molecular complexity index is 404. The van der Waals surface area contributed by atoms with E-state index in [1.165, 1.54) is 28.5 Å². The van der Waals surface area contributed by atoms with Crippen LogP contribution in [-0.2, 0) is 6.54 Å². The fourth-order valence-electron chi connectivity index (χ4n) is 1.39. The molecule has 74 valence electrons. The van der Waals surface area contributed by atoms with Crippen molar-refractivity contribution in [3.8, 4) is 0 Å². The fraction of sp³-hybridized carbons (Fsp3) is 0.333. The van der Waals surface area contributed by atoms with E-state index in [-0.39, 0.29) is 0 Å². The van der Waals surface area contributed by atoms with Crippen LogP contribution in [-0.4, -0.2) is 14.6 Å². The Kier molecular flexibility index (Phi) is 2.49. The predicted octanol–water partition coefficient (Wildman–Crippen LogP) is 2.10. The van der Waals surface area contributed by atoms with Gasteiger partial charge in [0, 0.05) is 29.5 Å². The number of H-pyrrole nitrogens is 1. The second-order valence-corrected chi connectivity index (χ2v) is 4.02. The molecule has 4 nitrogen and oxygen atoms in total. The van der Waals surface area contributed by atoms with Crippen LogP contribution < -0.4 is 5.32 Å². The summed E-state index contributed by atoms with van der Waals surface area (Å²) in [6.07, 6.45) is 1.74. The molecule has 0 fully saturated rings. The first-order chi connectivity index (χ1) is 6.75. The summed E-state index contributed by atoms with van der Waals surface area (Å²) >= 11 is 1.37. The van der Waals surface area contributed by atoms with Gasteiger partial charge in [-0.3, -0.25) is 0 Å². The number of anilines is 1. The van der Waals surface area contributed by atoms with Crippen molar-refractivity contribution in [2.75, 3.05) is 5.32 Å². The van der Waals surface area contributed by atoms with Crippen LogP contribution in [0.25, 0.3) is 0 Å². The quantitative estimate of drug-likeness (QED) is 0.812. The molecule has 5 heteroatoms. The van der Waals surface area contributed by atoms with Crippen molar-refractivity contribution in [2.45, 2.75) is 20.4 Å². The van der Waals surface area contributed by atoms with Gasteiger partial charge in [-0.15, -0.1) is 5.10 Å². The lowest BCUT2D eigenvalue weighted by molar-refractivity contribution is 1.10. The molecule has 2 heterocycles. The van der Waals surface area contributed by atoms with Crippen molar-refractivity contribution >= 4 is 16.5 Å². The summed E-state index contributed by atoms with van der Waals surface area (Å²) in [5, 5.41) is 8.03. The average molecular weight is 208 g/mol. The van der Waals surface area contributed by atoms with E-state index in [1.807, 2.05) is 0 Å². The molecule has 0 bridgehead atoms. The van der Waals surface area contributed by atoms with Crippen molar-refractivity contribution in [2.24, 2.45) is 0 Å². The molecule has 0 aromatic carbocycles. The third kappa shape index (κ3) is 1.93. The molecule has 0 radical (unpaired) electrons. The van der Waals surface area contributed by atoms with Crippen LogP contribution in [0.3, 0.4) is 0 Å². The summed E-state index contributed by atoms with van der Waals surface area (Å²) in [5.74, 6) is 0. The number of aromatic nitrogens is 3. The first-order valence-electron chi connectivity index (χ1n) is 4.42. The molecule has 0 spiro atoms. The zero-order valence-electron chi connectivity index (χ0n) is 8.16. The van der Waals surface area contributed by atoms with E-state index < -0.39 is 0 Å². The molecule has 0 aliphatic carbocycles. The van der Waals surface area contributed by atoms with E-state index >= 15 is 0 Å². The summed E-state index contributed by atoms with van der Waals surface area (Å²) in [7, 11) is 0. The minimum Gasteiger partial charge on any atom is -0.370 e. The Labute approximate surface area is 86.5 Å². The number of hydrogen-bond donors (Lipinski definition) is 2. The van der Waals surface area contributed by atoms with E-state index in [0.29, 0.717) is 0 Å². The SMILES string of the molecule is Cc1cc(CNc2cnns2)c(C)[nH]1. The number of hydrogen-bond acceptors (Lipinski definition) is 4. The minimum absolute atomic E-state index is 0.819. The summed E-state index contributed by atoms with van der Waals surface area (Å²) in [6.45, 7) is 4.96. The third-order valence-electron chi connectivity index (χ3n) is 2.07. The average Bonchev–Trinajstić information content (AvgIpc) is 2.72. The molecule has 2 rings (SSSR count). The second-order valence-electron chi connectivity index (χ2n) is 3.24. The molecule has 2 N–H and O–H groups in total. The summed E-state index contributed by atoms with van der Waals surface area (Å²) in [4.78, 5) is 3.27. The summed E-state index contributed by atoms with van der Waals surface area (Å²) < 4.78 is 3.78. The predicted molar refractivity (Wildman–Crippen MR) is 57.5 cm³/mol. The molecule has 2 aromatic heterocycles. The number of aromatic amines is 1. The molecular weight excluding hydrogens is 196 g/mol. The molecule has 0 saturated heterocycles. The van der Waals surface area contributed by atoms with Crippen molar-refractivity contribution in [1.82, 2.24) is 14.6 Å². The highest BCUT2D eigenvalue weighted by Gasteiger charge is 2.02. The molecule has 0 amide bonds. The fourth-order valence-corrected chi connectivity index (χ4v) is 1.81. The highest BCUT2D eigenvalue weighted by Crippen LogP contribution is 2.14. The summed E-state index contributed by atoms with van der Waals surface area (Å²) in [6, 6.07) is 2.15. The Morgan fingerprint density at radius 3 is 2.93 bits per heavy atom. The van der Waals surface area contributed by atoms with E-state index in [2.05, 4.69) is 39.8 Å². The van der Waals surface area contributed by atoms with Crippen LogP contribution in [0.2, 0.25) is 0 Å². The first kappa shape index (κ1) is 9.21. The lowest BCUT2D eigenvalue weighted by Gasteiger charge is -2.00. The highest BCUT2D eigenvalue weighted by atomic mass is 32.1. The van der Waals surface area contributed by atoms with Gasteiger partial charge in [0.2, 0.25) is 0 Å². The number of nitrogens with one attached hydrogen (secondary N) is 2. The van der Waals surface area contributed by atoms with Crippen LogP contribution in [0.15, 0.2) is 12.3 Å². The van der Waals surface area contributed by atoms with Crippen molar-refractivity contribution < 1.29 is 0 Å². The van der Waals surface area contributed by atoms with Crippen LogP contribution in [0.1, 0.15) is 17.0 Å². The topological polar surface area (TPSA) is 53.6 Å². The Hall–Kier alpha value is -1.36. The van der Waals surface area contributed by atoms with Gasteiger partial charge in [0.15, 0.2) is 0 Å². The molecule has 0 saturated carbocycles. The standard InChI is InChI=1S/C9H12N4S/c1-6-3-8(7(2)12-6)4-10-9-5-11-13-14-9/h3,5,10,12H,4H2,1-2H3. The molecule has 14 heavy (non-hydrogen) atoms. The Morgan fingerprint density at radius 1 is 1.50 bits per heavy atom. The van der Waals surface area contributed by atoms with Gasteiger partial charge < -0.3 is 10.3 Å². The van der Waals surface area contributed by atoms with E-state index in [1.54, 1.807) is 6.20 Å². The van der Waals surface area contributed by atoms with Crippen molar-refractivity contribution in [3.05, 3.63) is 29.2 Å². The molecule has 0 aliphatic heterocycles. The van der Waals surface area contributed by atoms with E-state index in [4.69, 9.17) is 0 Å². The van der Waals surface area contributed by atoms with Gasteiger partial charge in [0.25, 0.3) is 0 Å². The number of rotatable bonds is 3. The van der Waals surface area contributed by atoms with Gasteiger partial charge in [0.1, 0.15) is 5.00 Å². The Morgan fingerprint density at radius 2 is 2.36 bits per heavy atom. The number of nitrogens with zero attached hydrogens (tertiary/aromatic N) is 2. The smallest absolute Gasteiger partial charge is 0.130 e. The Balaban J connectivity index is 2.01. The molecule has 0 aliphatic rings. The number of aryl methyl sites for hydroxylation is 2. The monoisotopic (exact) mass is 208 g/mol. The van der Waals surface area contributed by atoms with Crippen molar-refractivity contribution in [3.63, 3.8) is 0 Å².